The van der Waals surface area contributed by atoms with Gasteiger partial charge in [0.05, 0.1) is 20.1 Å². The van der Waals surface area contributed by atoms with Gasteiger partial charge in [0, 0.05) is 41.2 Å². The Morgan fingerprint density at radius 1 is 1.05 bits per heavy atom. The van der Waals surface area contributed by atoms with Crippen LogP contribution in [0, 0.1) is 0 Å². The van der Waals surface area contributed by atoms with E-state index in [9.17, 15) is 9.59 Å². The largest absolute Gasteiger partial charge is 0.497 e. The highest BCUT2D eigenvalue weighted by Gasteiger charge is 2.25. The molecule has 1 fully saturated rings. The third kappa shape index (κ3) is 7.65. The Labute approximate surface area is 236 Å². The maximum atomic E-state index is 13.0. The first-order valence-electron chi connectivity index (χ1n) is 12.4. The average molecular weight is 601 g/mol. The molecule has 4 rings (SSSR count). The average Bonchev–Trinajstić information content (AvgIpc) is 2.90. The predicted octanol–water partition coefficient (Wildman–Crippen LogP) is 6.28. The molecule has 0 radical (unpaired) electrons. The first-order valence-corrected chi connectivity index (χ1v) is 13.6. The number of likely N-dealkylation sites (tertiary alicyclic amines) is 1. The molecule has 0 aliphatic carbocycles. The van der Waals surface area contributed by atoms with E-state index in [0.29, 0.717) is 55.4 Å². The van der Waals surface area contributed by atoms with Crippen LogP contribution in [-0.4, -0.2) is 55.0 Å². The van der Waals surface area contributed by atoms with Gasteiger partial charge in [-0.15, -0.1) is 0 Å². The van der Waals surface area contributed by atoms with Gasteiger partial charge in [-0.3, -0.25) is 4.79 Å². The Balaban J connectivity index is 1.28. The van der Waals surface area contributed by atoms with E-state index < -0.39 is 0 Å². The van der Waals surface area contributed by atoms with E-state index in [0.717, 1.165) is 21.3 Å². The van der Waals surface area contributed by atoms with Crippen LogP contribution in [0.15, 0.2) is 71.2 Å². The number of amides is 3. The summed E-state index contributed by atoms with van der Waals surface area (Å²) in [5.41, 5.74) is 1.79. The van der Waals surface area contributed by atoms with E-state index in [1.165, 1.54) is 0 Å². The van der Waals surface area contributed by atoms with Gasteiger partial charge in [-0.25, -0.2) is 4.79 Å². The molecular formula is C29H31BrClN3O4. The van der Waals surface area contributed by atoms with E-state index in [1.807, 2.05) is 59.5 Å². The number of nitrogens with one attached hydrogen (secondary N) is 1. The second-order valence-corrected chi connectivity index (χ2v) is 10.7. The van der Waals surface area contributed by atoms with Gasteiger partial charge in [0.15, 0.2) is 0 Å². The SMILES string of the molecule is COc1cccc(CC(=O)N2CCC(NC(=O)N(C)Cc3ccc(Br)cc3Oc3cccc(Cl)c3)CC2)c1. The monoisotopic (exact) mass is 599 g/mol. The molecular weight excluding hydrogens is 570 g/mol. The molecule has 9 heteroatoms. The molecule has 1 aliphatic rings. The van der Waals surface area contributed by atoms with Gasteiger partial charge in [0.1, 0.15) is 17.2 Å². The fourth-order valence-electron chi connectivity index (χ4n) is 4.37. The molecule has 3 aromatic rings. The molecule has 1 heterocycles. The van der Waals surface area contributed by atoms with Crippen molar-refractivity contribution in [2.45, 2.75) is 31.8 Å². The van der Waals surface area contributed by atoms with Crippen molar-refractivity contribution in [3.05, 3.63) is 87.4 Å². The van der Waals surface area contributed by atoms with Crippen molar-refractivity contribution in [3.8, 4) is 17.2 Å². The van der Waals surface area contributed by atoms with E-state index in [4.69, 9.17) is 21.1 Å². The van der Waals surface area contributed by atoms with Gasteiger partial charge >= 0.3 is 6.03 Å². The van der Waals surface area contributed by atoms with Crippen molar-refractivity contribution < 1.29 is 19.1 Å². The number of halogens is 2. The highest BCUT2D eigenvalue weighted by Crippen LogP contribution is 2.30. The third-order valence-corrected chi connectivity index (χ3v) is 7.20. The Kier molecular flexibility index (Phi) is 9.53. The molecule has 3 amide bonds. The minimum atomic E-state index is -0.164. The number of hydrogen-bond acceptors (Lipinski definition) is 4. The van der Waals surface area contributed by atoms with Crippen molar-refractivity contribution in [1.82, 2.24) is 15.1 Å². The lowest BCUT2D eigenvalue weighted by atomic mass is 10.0. The Morgan fingerprint density at radius 2 is 1.79 bits per heavy atom. The first kappa shape index (κ1) is 27.8. The second-order valence-electron chi connectivity index (χ2n) is 9.30. The molecule has 200 valence electrons. The topological polar surface area (TPSA) is 71.1 Å². The Morgan fingerprint density at radius 3 is 2.53 bits per heavy atom. The summed E-state index contributed by atoms with van der Waals surface area (Å²) >= 11 is 9.59. The zero-order chi connectivity index (χ0) is 27.1. The van der Waals surface area contributed by atoms with E-state index in [1.54, 1.807) is 31.2 Å². The Bertz CT molecular complexity index is 1280. The summed E-state index contributed by atoms with van der Waals surface area (Å²) in [6.45, 7) is 1.59. The molecule has 38 heavy (non-hydrogen) atoms. The molecule has 0 spiro atoms. The molecule has 0 atom stereocenters. The highest BCUT2D eigenvalue weighted by molar-refractivity contribution is 9.10. The van der Waals surface area contributed by atoms with Crippen LogP contribution < -0.4 is 14.8 Å². The number of benzene rings is 3. The number of nitrogens with zero attached hydrogens (tertiary/aromatic N) is 2. The van der Waals surface area contributed by atoms with Gasteiger partial charge in [-0.05, 0) is 60.9 Å². The van der Waals surface area contributed by atoms with Gasteiger partial charge < -0.3 is 24.6 Å². The lowest BCUT2D eigenvalue weighted by Crippen LogP contribution is -2.49. The molecule has 3 aromatic carbocycles. The summed E-state index contributed by atoms with van der Waals surface area (Å²) in [5, 5.41) is 3.70. The number of methoxy groups -OCH3 is 1. The number of piperidine rings is 1. The highest BCUT2D eigenvalue weighted by atomic mass is 79.9. The molecule has 1 saturated heterocycles. The van der Waals surface area contributed by atoms with Gasteiger partial charge in [-0.1, -0.05) is 51.8 Å². The summed E-state index contributed by atoms with van der Waals surface area (Å²) in [4.78, 5) is 29.3. The molecule has 0 saturated carbocycles. The summed E-state index contributed by atoms with van der Waals surface area (Å²) in [6, 6.07) is 20.3. The normalized spacial score (nSPS) is 13.6. The summed E-state index contributed by atoms with van der Waals surface area (Å²) < 4.78 is 12.2. The van der Waals surface area contributed by atoms with Crippen LogP contribution in [0.25, 0.3) is 0 Å². The zero-order valence-corrected chi connectivity index (χ0v) is 23.8. The second kappa shape index (κ2) is 13.0. The van der Waals surface area contributed by atoms with Crippen LogP contribution in [0.4, 0.5) is 4.79 Å². The lowest BCUT2D eigenvalue weighted by molar-refractivity contribution is -0.131. The number of urea groups is 1. The fraction of sp³-hybridized carbons (Fsp3) is 0.310. The quantitative estimate of drug-likeness (QED) is 0.331. The van der Waals surface area contributed by atoms with Crippen molar-refractivity contribution in [3.63, 3.8) is 0 Å². The van der Waals surface area contributed by atoms with Crippen LogP contribution in [0.2, 0.25) is 5.02 Å². The smallest absolute Gasteiger partial charge is 0.317 e. The predicted molar refractivity (Wildman–Crippen MR) is 152 cm³/mol. The van der Waals surface area contributed by atoms with Crippen LogP contribution in [0.3, 0.4) is 0 Å². The fourth-order valence-corrected chi connectivity index (χ4v) is 4.89. The minimum Gasteiger partial charge on any atom is -0.497 e. The number of rotatable bonds is 8. The summed E-state index contributed by atoms with van der Waals surface area (Å²) in [6.07, 6.45) is 1.76. The van der Waals surface area contributed by atoms with Crippen molar-refractivity contribution in [2.24, 2.45) is 0 Å². The van der Waals surface area contributed by atoms with Crippen molar-refractivity contribution >= 4 is 39.5 Å². The van der Waals surface area contributed by atoms with E-state index in [-0.39, 0.29) is 18.0 Å². The zero-order valence-electron chi connectivity index (χ0n) is 21.5. The Hall–Kier alpha value is -3.23. The standard InChI is InChI=1S/C29H31BrClN3O4/c1-33(19-21-9-10-22(30)17-27(21)38-26-8-4-6-23(31)18-26)29(36)32-24-11-13-34(14-12-24)28(35)16-20-5-3-7-25(15-20)37-2/h3-10,15,17-18,24H,11-14,16,19H2,1-2H3,(H,32,36). The van der Waals surface area contributed by atoms with Gasteiger partial charge in [-0.2, -0.15) is 0 Å². The van der Waals surface area contributed by atoms with Crippen LogP contribution in [-0.2, 0) is 17.8 Å². The molecule has 7 nitrogen and oxygen atoms in total. The first-order chi connectivity index (χ1) is 18.3. The molecule has 1 aliphatic heterocycles. The maximum absolute atomic E-state index is 13.0. The van der Waals surface area contributed by atoms with E-state index >= 15 is 0 Å². The van der Waals surface area contributed by atoms with Crippen molar-refractivity contribution in [1.29, 1.82) is 0 Å². The number of carbonyl (C=O) groups excluding carboxylic acids is 2. The molecule has 0 unspecified atom stereocenters. The van der Waals surface area contributed by atoms with E-state index in [2.05, 4.69) is 21.2 Å². The third-order valence-electron chi connectivity index (χ3n) is 6.47. The van der Waals surface area contributed by atoms with Gasteiger partial charge in [0.2, 0.25) is 5.91 Å². The maximum Gasteiger partial charge on any atom is 0.317 e. The summed E-state index contributed by atoms with van der Waals surface area (Å²) in [5.74, 6) is 2.09. The summed E-state index contributed by atoms with van der Waals surface area (Å²) in [7, 11) is 3.37. The van der Waals surface area contributed by atoms with Crippen LogP contribution in [0.5, 0.6) is 17.2 Å². The number of carbonyl (C=O) groups is 2. The minimum absolute atomic E-state index is 0.0120. The molecule has 0 aromatic heterocycles. The van der Waals surface area contributed by atoms with Crippen molar-refractivity contribution in [2.75, 3.05) is 27.2 Å². The van der Waals surface area contributed by atoms with Crippen LogP contribution >= 0.6 is 27.5 Å². The number of hydrogen-bond donors (Lipinski definition) is 1. The lowest BCUT2D eigenvalue weighted by Gasteiger charge is -2.33. The van der Waals surface area contributed by atoms with Crippen LogP contribution in [0.1, 0.15) is 24.0 Å². The molecule has 1 N–H and O–H groups in total. The van der Waals surface area contributed by atoms with Gasteiger partial charge in [0.25, 0.3) is 0 Å². The molecule has 0 bridgehead atoms. The number of ether oxygens (including phenoxy) is 2.